The fourth-order valence-electron chi connectivity index (χ4n) is 2.66. The second-order valence-corrected chi connectivity index (χ2v) is 8.25. The van der Waals surface area contributed by atoms with Crippen LogP contribution in [-0.4, -0.2) is 50.5 Å². The fourth-order valence-corrected chi connectivity index (χ4v) is 5.45. The first kappa shape index (κ1) is 16.4. The topological polar surface area (TPSA) is 90.0 Å². The number of carbonyl (C=O) groups is 2. The molecule has 0 amide bonds. The van der Waals surface area contributed by atoms with E-state index < -0.39 is 28.1 Å². The number of esters is 2. The minimum atomic E-state index is -3.71. The molecule has 0 saturated carbocycles. The SMILES string of the molecule is O=C(O[C@H]1CCOC1=O)c1sccc1S(=O)(=O)N1CCCCC1. The van der Waals surface area contributed by atoms with Crippen LogP contribution in [0, 0.1) is 0 Å². The molecule has 7 nitrogen and oxygen atoms in total. The Morgan fingerprint density at radius 3 is 2.70 bits per heavy atom. The van der Waals surface area contributed by atoms with Crippen LogP contribution in [0.2, 0.25) is 0 Å². The summed E-state index contributed by atoms with van der Waals surface area (Å²) in [5.74, 6) is -1.38. The second-order valence-electron chi connectivity index (χ2n) is 5.43. The average Bonchev–Trinajstić information content (AvgIpc) is 3.18. The summed E-state index contributed by atoms with van der Waals surface area (Å²) in [5.41, 5.74) is 0. The maximum absolute atomic E-state index is 12.7. The van der Waals surface area contributed by atoms with Gasteiger partial charge in [-0.1, -0.05) is 6.42 Å². The Hall–Kier alpha value is -1.45. The lowest BCUT2D eigenvalue weighted by atomic mass is 10.2. The molecular formula is C14H17NO6S2. The minimum absolute atomic E-state index is 0.00951. The van der Waals surface area contributed by atoms with E-state index in [1.165, 1.54) is 10.4 Å². The lowest BCUT2D eigenvalue weighted by Gasteiger charge is -2.25. The lowest BCUT2D eigenvalue weighted by molar-refractivity contribution is -0.145. The molecule has 0 aromatic carbocycles. The first-order valence-electron chi connectivity index (χ1n) is 7.45. The highest BCUT2D eigenvalue weighted by atomic mass is 32.2. The molecule has 1 aromatic heterocycles. The predicted molar refractivity (Wildman–Crippen MR) is 81.7 cm³/mol. The number of hydrogen-bond donors (Lipinski definition) is 0. The zero-order valence-corrected chi connectivity index (χ0v) is 14.0. The van der Waals surface area contributed by atoms with Crippen molar-refractivity contribution in [3.8, 4) is 0 Å². The quantitative estimate of drug-likeness (QED) is 0.755. The van der Waals surface area contributed by atoms with Crippen LogP contribution in [0.25, 0.3) is 0 Å². The smallest absolute Gasteiger partial charge is 0.350 e. The zero-order valence-electron chi connectivity index (χ0n) is 12.4. The highest BCUT2D eigenvalue weighted by Crippen LogP contribution is 2.28. The molecule has 0 bridgehead atoms. The largest absolute Gasteiger partial charge is 0.463 e. The molecule has 2 saturated heterocycles. The third-order valence-electron chi connectivity index (χ3n) is 3.88. The summed E-state index contributed by atoms with van der Waals surface area (Å²) in [6, 6.07) is 1.41. The summed E-state index contributed by atoms with van der Waals surface area (Å²) < 4.78 is 36.7. The van der Waals surface area contributed by atoms with Crippen LogP contribution in [0.4, 0.5) is 0 Å². The van der Waals surface area contributed by atoms with Gasteiger partial charge in [0, 0.05) is 19.5 Å². The van der Waals surface area contributed by atoms with Crippen LogP contribution in [0.3, 0.4) is 0 Å². The number of thiophene rings is 1. The first-order chi connectivity index (χ1) is 11.0. The van der Waals surface area contributed by atoms with E-state index in [9.17, 15) is 18.0 Å². The third-order valence-corrected chi connectivity index (χ3v) is 6.85. The molecular weight excluding hydrogens is 342 g/mol. The van der Waals surface area contributed by atoms with Crippen LogP contribution in [0.15, 0.2) is 16.3 Å². The Morgan fingerprint density at radius 1 is 1.30 bits per heavy atom. The van der Waals surface area contributed by atoms with Gasteiger partial charge in [-0.05, 0) is 24.3 Å². The molecule has 1 aromatic rings. The molecule has 0 spiro atoms. The number of hydrogen-bond acceptors (Lipinski definition) is 7. The number of rotatable bonds is 4. The van der Waals surface area contributed by atoms with E-state index in [1.807, 2.05) is 0 Å². The molecule has 1 atom stereocenters. The van der Waals surface area contributed by atoms with Crippen molar-refractivity contribution in [2.75, 3.05) is 19.7 Å². The van der Waals surface area contributed by atoms with Crippen LogP contribution in [-0.2, 0) is 24.3 Å². The monoisotopic (exact) mass is 359 g/mol. The van der Waals surface area contributed by atoms with Crippen LogP contribution in [0.5, 0.6) is 0 Å². The van der Waals surface area contributed by atoms with Crippen molar-refractivity contribution in [3.05, 3.63) is 16.3 Å². The van der Waals surface area contributed by atoms with Crippen molar-refractivity contribution in [2.24, 2.45) is 0 Å². The fraction of sp³-hybridized carbons (Fsp3) is 0.571. The van der Waals surface area contributed by atoms with Gasteiger partial charge in [0.25, 0.3) is 0 Å². The molecule has 0 aliphatic carbocycles. The highest BCUT2D eigenvalue weighted by Gasteiger charge is 2.35. The normalized spacial score (nSPS) is 22.8. The van der Waals surface area contributed by atoms with E-state index in [0.29, 0.717) is 19.5 Å². The van der Waals surface area contributed by atoms with Gasteiger partial charge in [0.2, 0.25) is 16.1 Å². The summed E-state index contributed by atoms with van der Waals surface area (Å²) in [7, 11) is -3.71. The Labute approximate surface area is 138 Å². The van der Waals surface area contributed by atoms with Crippen LogP contribution >= 0.6 is 11.3 Å². The van der Waals surface area contributed by atoms with Gasteiger partial charge in [0.1, 0.15) is 9.77 Å². The Balaban J connectivity index is 1.81. The van der Waals surface area contributed by atoms with Gasteiger partial charge < -0.3 is 9.47 Å². The molecule has 3 rings (SSSR count). The second kappa shape index (κ2) is 6.58. The maximum Gasteiger partial charge on any atom is 0.350 e. The minimum Gasteiger partial charge on any atom is -0.463 e. The maximum atomic E-state index is 12.7. The van der Waals surface area contributed by atoms with E-state index >= 15 is 0 Å². The first-order valence-corrected chi connectivity index (χ1v) is 9.77. The Bertz CT molecular complexity index is 705. The molecule has 0 unspecified atom stereocenters. The summed E-state index contributed by atoms with van der Waals surface area (Å²) >= 11 is 1.00. The standard InChI is InChI=1S/C14H17NO6S2/c16-13-10(4-8-20-13)21-14(17)12-11(5-9-22-12)23(18,19)15-6-2-1-3-7-15/h5,9-10H,1-4,6-8H2/t10-/m0/s1. The van der Waals surface area contributed by atoms with Gasteiger partial charge in [-0.2, -0.15) is 4.31 Å². The molecule has 23 heavy (non-hydrogen) atoms. The van der Waals surface area contributed by atoms with Crippen LogP contribution in [0.1, 0.15) is 35.4 Å². The summed E-state index contributed by atoms with van der Waals surface area (Å²) in [5, 5.41) is 1.54. The van der Waals surface area contributed by atoms with E-state index in [2.05, 4.69) is 0 Å². The van der Waals surface area contributed by atoms with Crippen molar-refractivity contribution in [2.45, 2.75) is 36.7 Å². The van der Waals surface area contributed by atoms with Crippen molar-refractivity contribution in [1.29, 1.82) is 0 Å². The third kappa shape index (κ3) is 3.26. The summed E-state index contributed by atoms with van der Waals surface area (Å²) in [4.78, 5) is 23.6. The number of cyclic esters (lactones) is 1. The highest BCUT2D eigenvalue weighted by molar-refractivity contribution is 7.89. The van der Waals surface area contributed by atoms with Crippen molar-refractivity contribution >= 4 is 33.3 Å². The van der Waals surface area contributed by atoms with Gasteiger partial charge in [0.15, 0.2) is 0 Å². The molecule has 3 heterocycles. The summed E-state index contributed by atoms with van der Waals surface area (Å²) in [6.07, 6.45) is 1.99. The molecule has 9 heteroatoms. The van der Waals surface area contributed by atoms with Gasteiger partial charge >= 0.3 is 11.9 Å². The van der Waals surface area contributed by atoms with Crippen molar-refractivity contribution in [1.82, 2.24) is 4.31 Å². The number of carbonyl (C=O) groups excluding carboxylic acids is 2. The average molecular weight is 359 g/mol. The number of nitrogens with zero attached hydrogens (tertiary/aromatic N) is 1. The molecule has 2 aliphatic heterocycles. The molecule has 126 valence electrons. The summed E-state index contributed by atoms with van der Waals surface area (Å²) in [6.45, 7) is 1.13. The van der Waals surface area contributed by atoms with E-state index in [4.69, 9.17) is 9.47 Å². The van der Waals surface area contributed by atoms with Gasteiger partial charge in [-0.15, -0.1) is 11.3 Å². The number of piperidine rings is 1. The van der Waals surface area contributed by atoms with Crippen LogP contribution < -0.4 is 0 Å². The van der Waals surface area contributed by atoms with E-state index in [0.717, 1.165) is 30.6 Å². The lowest BCUT2D eigenvalue weighted by Crippen LogP contribution is -2.36. The molecule has 2 aliphatic rings. The number of sulfonamides is 1. The van der Waals surface area contributed by atoms with E-state index in [1.54, 1.807) is 5.38 Å². The zero-order chi connectivity index (χ0) is 16.4. The van der Waals surface area contributed by atoms with Crippen molar-refractivity contribution in [3.63, 3.8) is 0 Å². The molecule has 0 N–H and O–H groups in total. The van der Waals surface area contributed by atoms with Gasteiger partial charge in [-0.25, -0.2) is 18.0 Å². The van der Waals surface area contributed by atoms with E-state index in [-0.39, 0.29) is 16.4 Å². The Morgan fingerprint density at radius 2 is 2.04 bits per heavy atom. The predicted octanol–water partition coefficient (Wildman–Crippen LogP) is 1.39. The molecule has 2 fully saturated rings. The van der Waals surface area contributed by atoms with Gasteiger partial charge in [-0.3, -0.25) is 0 Å². The number of ether oxygens (including phenoxy) is 2. The molecule has 0 radical (unpaired) electrons. The van der Waals surface area contributed by atoms with Crippen molar-refractivity contribution < 1.29 is 27.5 Å². The Kier molecular flexibility index (Phi) is 4.69. The van der Waals surface area contributed by atoms with Gasteiger partial charge in [0.05, 0.1) is 6.61 Å².